The molecule has 0 bridgehead atoms. The first kappa shape index (κ1) is 19.6. The third-order valence-corrected chi connectivity index (χ3v) is 4.64. The van der Waals surface area contributed by atoms with Gasteiger partial charge in [-0.2, -0.15) is 0 Å². The monoisotopic (exact) mass is 378 g/mol. The molecule has 0 unspecified atom stereocenters. The number of rotatable bonds is 7. The fourth-order valence-corrected chi connectivity index (χ4v) is 3.21. The summed E-state index contributed by atoms with van der Waals surface area (Å²) in [7, 11) is 3.75. The number of hydrogen-bond acceptors (Lipinski definition) is 3. The molecule has 28 heavy (non-hydrogen) atoms. The minimum absolute atomic E-state index is 0.0805. The van der Waals surface area contributed by atoms with Crippen LogP contribution in [-0.4, -0.2) is 35.6 Å². The second-order valence-corrected chi connectivity index (χ2v) is 6.96. The van der Waals surface area contributed by atoms with Gasteiger partial charge in [-0.05, 0) is 31.6 Å². The van der Waals surface area contributed by atoms with Crippen LogP contribution in [0.1, 0.15) is 12.0 Å². The number of carbonyl (C=O) groups excluding carboxylic acids is 1. The molecule has 1 aromatic heterocycles. The maximum atomic E-state index is 12.3. The zero-order chi connectivity index (χ0) is 19.9. The molecule has 2 N–H and O–H groups in total. The number of benzene rings is 2. The summed E-state index contributed by atoms with van der Waals surface area (Å²) in [6.07, 6.45) is 2.50. The van der Waals surface area contributed by atoms with Crippen LogP contribution >= 0.6 is 0 Å². The summed E-state index contributed by atoms with van der Waals surface area (Å²) < 4.78 is 1.48. The summed E-state index contributed by atoms with van der Waals surface area (Å²) in [5, 5.41) is 7.07. The molecule has 6 heteroatoms. The summed E-state index contributed by atoms with van der Waals surface area (Å²) in [5.74, 6) is 0. The maximum absolute atomic E-state index is 12.3. The van der Waals surface area contributed by atoms with E-state index in [0.29, 0.717) is 17.6 Å². The molecule has 0 saturated carbocycles. The molecule has 0 fully saturated rings. The van der Waals surface area contributed by atoms with Crippen LogP contribution < -0.4 is 16.2 Å². The molecular weight excluding hydrogens is 352 g/mol. The highest BCUT2D eigenvalue weighted by Crippen LogP contribution is 2.19. The topological polar surface area (TPSA) is 66.4 Å². The Hall–Kier alpha value is -3.12. The molecule has 0 aliphatic heterocycles. The first-order chi connectivity index (χ1) is 13.5. The molecule has 2 aromatic carbocycles. The van der Waals surface area contributed by atoms with E-state index in [0.717, 1.165) is 24.9 Å². The lowest BCUT2D eigenvalue weighted by Gasteiger charge is -2.17. The zero-order valence-corrected chi connectivity index (χ0v) is 16.3. The summed E-state index contributed by atoms with van der Waals surface area (Å²) in [6, 6.07) is 17.3. The van der Waals surface area contributed by atoms with Gasteiger partial charge in [0.15, 0.2) is 0 Å². The predicted octanol–water partition coefficient (Wildman–Crippen LogP) is 3.18. The Morgan fingerprint density at radius 3 is 2.46 bits per heavy atom. The molecule has 2 amide bonds. The van der Waals surface area contributed by atoms with Gasteiger partial charge in [-0.25, -0.2) is 4.79 Å². The van der Waals surface area contributed by atoms with Crippen molar-refractivity contribution in [2.45, 2.75) is 13.0 Å². The molecular formula is C22H26N4O2. The molecule has 0 saturated heterocycles. The van der Waals surface area contributed by atoms with Crippen LogP contribution in [0.3, 0.4) is 0 Å². The van der Waals surface area contributed by atoms with Crippen LogP contribution in [0, 0.1) is 0 Å². The number of anilines is 1. The Kier molecular flexibility index (Phi) is 6.45. The molecule has 0 atom stereocenters. The van der Waals surface area contributed by atoms with Gasteiger partial charge in [0.25, 0.3) is 5.56 Å². The Morgan fingerprint density at radius 1 is 1.04 bits per heavy atom. The molecule has 3 rings (SSSR count). The van der Waals surface area contributed by atoms with Crippen LogP contribution in [0.4, 0.5) is 10.5 Å². The number of urea groups is 1. The number of fused-ring (bicyclic) bond motifs is 1. The van der Waals surface area contributed by atoms with Crippen LogP contribution in [-0.2, 0) is 13.6 Å². The Labute approximate surface area is 164 Å². The smallest absolute Gasteiger partial charge is 0.319 e. The van der Waals surface area contributed by atoms with E-state index in [4.69, 9.17) is 0 Å². The van der Waals surface area contributed by atoms with Gasteiger partial charge >= 0.3 is 6.03 Å². The minimum Gasteiger partial charge on any atom is -0.338 e. The molecule has 146 valence electrons. The quantitative estimate of drug-likeness (QED) is 0.621. The van der Waals surface area contributed by atoms with Crippen molar-refractivity contribution in [3.05, 3.63) is 76.7 Å². The van der Waals surface area contributed by atoms with E-state index in [1.807, 2.05) is 36.4 Å². The van der Waals surface area contributed by atoms with E-state index in [9.17, 15) is 9.59 Å². The van der Waals surface area contributed by atoms with Crippen LogP contribution in [0.15, 0.2) is 65.6 Å². The lowest BCUT2D eigenvalue weighted by molar-refractivity contribution is 0.250. The first-order valence-corrected chi connectivity index (χ1v) is 9.40. The van der Waals surface area contributed by atoms with Crippen molar-refractivity contribution in [1.29, 1.82) is 0 Å². The number of aryl methyl sites for hydroxylation is 1. The number of aromatic nitrogens is 1. The molecule has 1 heterocycles. The number of amides is 2. The highest BCUT2D eigenvalue weighted by molar-refractivity contribution is 6.00. The van der Waals surface area contributed by atoms with Gasteiger partial charge in [0.1, 0.15) is 0 Å². The highest BCUT2D eigenvalue weighted by Gasteiger charge is 2.09. The Balaban J connectivity index is 1.49. The standard InChI is InChI=1S/C22H26N4O2/c1-25(15-17-9-4-3-5-10-17)14-8-13-23-22(28)24-20-16-26(2)21(27)19-12-7-6-11-18(19)20/h3-7,9-12,16H,8,13-15H2,1-2H3,(H2,23,24,28). The number of pyridine rings is 1. The normalized spacial score (nSPS) is 11.0. The second-order valence-electron chi connectivity index (χ2n) is 6.96. The van der Waals surface area contributed by atoms with Gasteiger partial charge in [0.2, 0.25) is 0 Å². The van der Waals surface area contributed by atoms with Gasteiger partial charge in [0, 0.05) is 37.1 Å². The lowest BCUT2D eigenvalue weighted by atomic mass is 10.1. The highest BCUT2D eigenvalue weighted by atomic mass is 16.2. The molecule has 0 spiro atoms. The van der Waals surface area contributed by atoms with E-state index in [1.165, 1.54) is 10.1 Å². The molecule has 3 aromatic rings. The molecule has 0 aliphatic rings. The van der Waals surface area contributed by atoms with E-state index < -0.39 is 0 Å². The second kappa shape index (κ2) is 9.19. The summed E-state index contributed by atoms with van der Waals surface area (Å²) in [5.41, 5.74) is 1.82. The van der Waals surface area contributed by atoms with Crippen molar-refractivity contribution in [1.82, 2.24) is 14.8 Å². The van der Waals surface area contributed by atoms with Gasteiger partial charge in [-0.15, -0.1) is 0 Å². The van der Waals surface area contributed by atoms with Crippen molar-refractivity contribution < 1.29 is 4.79 Å². The number of nitrogens with one attached hydrogen (secondary N) is 2. The van der Waals surface area contributed by atoms with Crippen LogP contribution in [0.5, 0.6) is 0 Å². The van der Waals surface area contributed by atoms with Crippen molar-refractivity contribution in [3.63, 3.8) is 0 Å². The Morgan fingerprint density at radius 2 is 1.71 bits per heavy atom. The number of carbonyl (C=O) groups is 1. The van der Waals surface area contributed by atoms with E-state index in [1.54, 1.807) is 19.3 Å². The number of hydrogen-bond donors (Lipinski definition) is 2. The molecule has 6 nitrogen and oxygen atoms in total. The van der Waals surface area contributed by atoms with Crippen molar-refractivity contribution in [3.8, 4) is 0 Å². The van der Waals surface area contributed by atoms with Crippen LogP contribution in [0.2, 0.25) is 0 Å². The fourth-order valence-electron chi connectivity index (χ4n) is 3.21. The fraction of sp³-hybridized carbons (Fsp3) is 0.273. The van der Waals surface area contributed by atoms with Gasteiger partial charge < -0.3 is 20.1 Å². The molecule has 0 radical (unpaired) electrons. The lowest BCUT2D eigenvalue weighted by Crippen LogP contribution is -2.32. The minimum atomic E-state index is -0.269. The van der Waals surface area contributed by atoms with E-state index in [2.05, 4.69) is 34.7 Å². The van der Waals surface area contributed by atoms with Gasteiger partial charge in [-0.3, -0.25) is 4.79 Å². The van der Waals surface area contributed by atoms with E-state index >= 15 is 0 Å². The third kappa shape index (κ3) is 4.98. The maximum Gasteiger partial charge on any atom is 0.319 e. The average molecular weight is 378 g/mol. The van der Waals surface area contributed by atoms with Crippen molar-refractivity contribution >= 4 is 22.5 Å². The SMILES string of the molecule is CN(CCCNC(=O)Nc1cn(C)c(=O)c2ccccc12)Cc1ccccc1. The Bertz CT molecular complexity index is 998. The zero-order valence-electron chi connectivity index (χ0n) is 16.3. The van der Waals surface area contributed by atoms with Crippen molar-refractivity contribution in [2.24, 2.45) is 7.05 Å². The number of nitrogens with zero attached hydrogens (tertiary/aromatic N) is 2. The van der Waals surface area contributed by atoms with Crippen LogP contribution in [0.25, 0.3) is 10.8 Å². The van der Waals surface area contributed by atoms with E-state index in [-0.39, 0.29) is 11.6 Å². The van der Waals surface area contributed by atoms with Gasteiger partial charge in [-0.1, -0.05) is 48.5 Å². The largest absolute Gasteiger partial charge is 0.338 e. The van der Waals surface area contributed by atoms with Crippen molar-refractivity contribution in [2.75, 3.05) is 25.5 Å². The summed E-state index contributed by atoms with van der Waals surface area (Å²) in [4.78, 5) is 26.7. The van der Waals surface area contributed by atoms with Gasteiger partial charge in [0.05, 0.1) is 5.69 Å². The molecule has 0 aliphatic carbocycles. The summed E-state index contributed by atoms with van der Waals surface area (Å²) in [6.45, 7) is 2.35. The average Bonchev–Trinajstić information content (AvgIpc) is 2.70. The first-order valence-electron chi connectivity index (χ1n) is 9.40. The summed E-state index contributed by atoms with van der Waals surface area (Å²) >= 11 is 0. The third-order valence-electron chi connectivity index (χ3n) is 4.64. The predicted molar refractivity (Wildman–Crippen MR) is 114 cm³/mol.